The Balaban J connectivity index is 2.18. The first-order valence-corrected chi connectivity index (χ1v) is 7.83. The molecule has 7 heteroatoms. The van der Waals surface area contributed by atoms with Gasteiger partial charge in [-0.05, 0) is 16.3 Å². The molecule has 0 fully saturated rings. The van der Waals surface area contributed by atoms with E-state index in [2.05, 4.69) is 10.6 Å². The van der Waals surface area contributed by atoms with E-state index in [0.29, 0.717) is 6.08 Å². The molecule has 0 aliphatic carbocycles. The fraction of sp³-hybridized carbons (Fsp3) is 0.158. The molecular formula is C19H17N3O4. The van der Waals surface area contributed by atoms with Crippen LogP contribution < -0.4 is 10.6 Å². The minimum Gasteiger partial charge on any atom is -0.478 e. The second-order valence-corrected chi connectivity index (χ2v) is 5.49. The van der Waals surface area contributed by atoms with E-state index in [4.69, 9.17) is 10.4 Å². The normalized spacial score (nSPS) is 11.7. The number of nitrogens with zero attached hydrogens (tertiary/aromatic N) is 1. The lowest BCUT2D eigenvalue weighted by atomic mass is 10.0. The lowest BCUT2D eigenvalue weighted by Crippen LogP contribution is -2.47. The van der Waals surface area contributed by atoms with E-state index in [-0.39, 0.29) is 13.0 Å². The SMILES string of the molecule is N#CCNC(=O)C(Cc1ccc2ccccc2c1)NC(=O)C=CC(=O)O. The summed E-state index contributed by atoms with van der Waals surface area (Å²) in [6.45, 7) is -0.187. The van der Waals surface area contributed by atoms with Gasteiger partial charge in [0.1, 0.15) is 12.6 Å². The number of fused-ring (bicyclic) bond motifs is 1. The molecule has 1 unspecified atom stereocenters. The number of nitriles is 1. The first-order chi connectivity index (χ1) is 12.5. The van der Waals surface area contributed by atoms with Gasteiger partial charge in [0, 0.05) is 18.6 Å². The van der Waals surface area contributed by atoms with Crippen LogP contribution >= 0.6 is 0 Å². The molecular weight excluding hydrogens is 334 g/mol. The Hall–Kier alpha value is -3.66. The third-order valence-electron chi connectivity index (χ3n) is 3.61. The van der Waals surface area contributed by atoms with Crippen molar-refractivity contribution in [3.8, 4) is 6.07 Å². The Morgan fingerprint density at radius 1 is 1.12 bits per heavy atom. The minimum atomic E-state index is -1.26. The summed E-state index contributed by atoms with van der Waals surface area (Å²) in [6, 6.07) is 14.3. The number of hydrogen-bond donors (Lipinski definition) is 3. The monoisotopic (exact) mass is 351 g/mol. The van der Waals surface area contributed by atoms with Gasteiger partial charge in [-0.15, -0.1) is 0 Å². The van der Waals surface area contributed by atoms with Crippen molar-refractivity contribution < 1.29 is 19.5 Å². The Kier molecular flexibility index (Phi) is 6.46. The molecule has 0 aliphatic rings. The van der Waals surface area contributed by atoms with Crippen LogP contribution in [0.25, 0.3) is 10.8 Å². The maximum Gasteiger partial charge on any atom is 0.328 e. The molecule has 0 bridgehead atoms. The molecule has 0 saturated heterocycles. The van der Waals surface area contributed by atoms with Crippen molar-refractivity contribution >= 4 is 28.6 Å². The van der Waals surface area contributed by atoms with Crippen LogP contribution in [0.2, 0.25) is 0 Å². The zero-order valence-electron chi connectivity index (χ0n) is 13.8. The van der Waals surface area contributed by atoms with Crippen LogP contribution in [0.4, 0.5) is 0 Å². The lowest BCUT2D eigenvalue weighted by Gasteiger charge is -2.17. The summed E-state index contributed by atoms with van der Waals surface area (Å²) in [7, 11) is 0. The summed E-state index contributed by atoms with van der Waals surface area (Å²) < 4.78 is 0. The number of aliphatic carboxylic acids is 1. The van der Waals surface area contributed by atoms with Crippen molar-refractivity contribution in [2.45, 2.75) is 12.5 Å². The Morgan fingerprint density at radius 3 is 2.54 bits per heavy atom. The van der Waals surface area contributed by atoms with Gasteiger partial charge >= 0.3 is 5.97 Å². The molecule has 3 N–H and O–H groups in total. The molecule has 2 amide bonds. The summed E-state index contributed by atoms with van der Waals surface area (Å²) in [6.07, 6.45) is 1.73. The van der Waals surface area contributed by atoms with E-state index in [1.807, 2.05) is 42.5 Å². The minimum absolute atomic E-state index is 0.187. The van der Waals surface area contributed by atoms with Crippen LogP contribution in [0.5, 0.6) is 0 Å². The Bertz CT molecular complexity index is 899. The van der Waals surface area contributed by atoms with Crippen molar-refractivity contribution in [3.05, 3.63) is 60.2 Å². The number of benzene rings is 2. The fourth-order valence-corrected chi connectivity index (χ4v) is 2.43. The highest BCUT2D eigenvalue weighted by Gasteiger charge is 2.20. The first-order valence-electron chi connectivity index (χ1n) is 7.83. The van der Waals surface area contributed by atoms with Crippen molar-refractivity contribution in [1.29, 1.82) is 5.26 Å². The summed E-state index contributed by atoms with van der Waals surface area (Å²) in [4.78, 5) is 34.6. The molecule has 0 spiro atoms. The van der Waals surface area contributed by atoms with Gasteiger partial charge in [-0.2, -0.15) is 5.26 Å². The van der Waals surface area contributed by atoms with Gasteiger partial charge in [0.05, 0.1) is 6.07 Å². The molecule has 2 rings (SSSR count). The van der Waals surface area contributed by atoms with Gasteiger partial charge in [-0.3, -0.25) is 9.59 Å². The maximum atomic E-state index is 12.2. The number of rotatable bonds is 7. The van der Waals surface area contributed by atoms with Gasteiger partial charge in [0.15, 0.2) is 0 Å². The van der Waals surface area contributed by atoms with Crippen LogP contribution in [0.1, 0.15) is 5.56 Å². The summed E-state index contributed by atoms with van der Waals surface area (Å²) in [5, 5.41) is 24.1. The van der Waals surface area contributed by atoms with Gasteiger partial charge < -0.3 is 15.7 Å². The number of carboxylic acids is 1. The van der Waals surface area contributed by atoms with Gasteiger partial charge in [0.2, 0.25) is 11.8 Å². The number of carboxylic acid groups (broad SMARTS) is 1. The van der Waals surface area contributed by atoms with Crippen LogP contribution in [0.15, 0.2) is 54.6 Å². The van der Waals surface area contributed by atoms with Gasteiger partial charge in [-0.1, -0.05) is 42.5 Å². The number of carbonyl (C=O) groups excluding carboxylic acids is 2. The molecule has 0 radical (unpaired) electrons. The smallest absolute Gasteiger partial charge is 0.328 e. The molecule has 0 heterocycles. The molecule has 0 aliphatic heterocycles. The molecule has 2 aromatic rings. The molecule has 26 heavy (non-hydrogen) atoms. The van der Waals surface area contributed by atoms with Crippen LogP contribution in [0, 0.1) is 11.3 Å². The van der Waals surface area contributed by atoms with Crippen molar-refractivity contribution in [3.63, 3.8) is 0 Å². The number of nitrogens with one attached hydrogen (secondary N) is 2. The van der Waals surface area contributed by atoms with Crippen LogP contribution in [0.3, 0.4) is 0 Å². The summed E-state index contributed by atoms with van der Waals surface area (Å²) in [5.41, 5.74) is 0.823. The molecule has 0 saturated carbocycles. The van der Waals surface area contributed by atoms with E-state index >= 15 is 0 Å². The lowest BCUT2D eigenvalue weighted by molar-refractivity contribution is -0.131. The molecule has 7 nitrogen and oxygen atoms in total. The Morgan fingerprint density at radius 2 is 1.85 bits per heavy atom. The third-order valence-corrected chi connectivity index (χ3v) is 3.61. The highest BCUT2D eigenvalue weighted by molar-refractivity contribution is 5.96. The van der Waals surface area contributed by atoms with Crippen molar-refractivity contribution in [2.24, 2.45) is 0 Å². The van der Waals surface area contributed by atoms with E-state index in [1.165, 1.54) is 0 Å². The van der Waals surface area contributed by atoms with E-state index in [1.54, 1.807) is 6.07 Å². The zero-order valence-corrected chi connectivity index (χ0v) is 13.8. The second-order valence-electron chi connectivity index (χ2n) is 5.49. The fourth-order valence-electron chi connectivity index (χ4n) is 2.43. The topological polar surface area (TPSA) is 119 Å². The van der Waals surface area contributed by atoms with E-state index < -0.39 is 23.8 Å². The quantitative estimate of drug-likeness (QED) is 0.511. The van der Waals surface area contributed by atoms with Crippen molar-refractivity contribution in [2.75, 3.05) is 6.54 Å². The summed E-state index contributed by atoms with van der Waals surface area (Å²) >= 11 is 0. The Labute approximate surface area is 149 Å². The van der Waals surface area contributed by atoms with Gasteiger partial charge in [-0.25, -0.2) is 4.79 Å². The standard InChI is InChI=1S/C19H17N3O4/c20-9-10-21-19(26)16(22-17(23)7-8-18(24)25)12-13-5-6-14-3-1-2-4-15(14)11-13/h1-8,11,16H,10,12H2,(H,21,26)(H,22,23)(H,24,25). The average Bonchev–Trinajstić information content (AvgIpc) is 2.63. The summed E-state index contributed by atoms with van der Waals surface area (Å²) in [5.74, 6) is -2.48. The van der Waals surface area contributed by atoms with E-state index in [9.17, 15) is 14.4 Å². The van der Waals surface area contributed by atoms with Crippen LogP contribution in [-0.2, 0) is 20.8 Å². The predicted molar refractivity (Wildman–Crippen MR) is 95.0 cm³/mol. The zero-order chi connectivity index (χ0) is 18.9. The average molecular weight is 351 g/mol. The maximum absolute atomic E-state index is 12.2. The highest BCUT2D eigenvalue weighted by atomic mass is 16.4. The van der Waals surface area contributed by atoms with Crippen molar-refractivity contribution in [1.82, 2.24) is 10.6 Å². The second kappa shape index (κ2) is 8.99. The predicted octanol–water partition coefficient (Wildman–Crippen LogP) is 1.15. The van der Waals surface area contributed by atoms with Crippen LogP contribution in [-0.4, -0.2) is 35.5 Å². The molecule has 0 aromatic heterocycles. The molecule has 132 valence electrons. The van der Waals surface area contributed by atoms with Gasteiger partial charge in [0.25, 0.3) is 0 Å². The molecule has 1 atom stereocenters. The third kappa shape index (κ3) is 5.46. The number of hydrogen-bond acceptors (Lipinski definition) is 4. The largest absolute Gasteiger partial charge is 0.478 e. The number of carbonyl (C=O) groups is 3. The number of amides is 2. The van der Waals surface area contributed by atoms with E-state index in [0.717, 1.165) is 22.4 Å². The molecule has 2 aromatic carbocycles. The first kappa shape index (κ1) is 18.7. The highest BCUT2D eigenvalue weighted by Crippen LogP contribution is 2.16.